The van der Waals surface area contributed by atoms with Gasteiger partial charge in [0.2, 0.25) is 0 Å². The molecule has 2 nitrogen and oxygen atoms in total. The molecule has 3 rings (SSSR count). The van der Waals surface area contributed by atoms with E-state index in [1.54, 1.807) is 0 Å². The van der Waals surface area contributed by atoms with Crippen LogP contribution in [-0.2, 0) is 13.1 Å². The lowest BCUT2D eigenvalue weighted by atomic mass is 9.90. The van der Waals surface area contributed by atoms with Gasteiger partial charge in [-0.05, 0) is 68.2 Å². The first-order valence-electron chi connectivity index (χ1n) is 8.80. The number of halogens is 1. The van der Waals surface area contributed by atoms with E-state index in [9.17, 15) is 0 Å². The molecule has 0 aliphatic carbocycles. The van der Waals surface area contributed by atoms with E-state index in [0.29, 0.717) is 5.92 Å². The third-order valence-corrected chi connectivity index (χ3v) is 5.15. The summed E-state index contributed by atoms with van der Waals surface area (Å²) in [5.41, 5.74) is 4.16. The van der Waals surface area contributed by atoms with Gasteiger partial charge in [-0.1, -0.05) is 48.0 Å². The quantitative estimate of drug-likeness (QED) is 0.771. The highest BCUT2D eigenvalue weighted by molar-refractivity contribution is 6.30. The Hall–Kier alpha value is -1.35. The van der Waals surface area contributed by atoms with Gasteiger partial charge in [0.25, 0.3) is 0 Å². The van der Waals surface area contributed by atoms with Crippen molar-refractivity contribution in [2.24, 2.45) is 0 Å². The molecular formula is C21H27ClN2. The van der Waals surface area contributed by atoms with E-state index < -0.39 is 0 Å². The minimum Gasteiger partial charge on any atom is -0.306 e. The molecule has 1 aliphatic rings. The average Bonchev–Trinajstić information content (AvgIpc) is 2.58. The van der Waals surface area contributed by atoms with Crippen molar-refractivity contribution in [3.8, 4) is 0 Å². The molecule has 3 heteroatoms. The summed E-state index contributed by atoms with van der Waals surface area (Å²) in [6.45, 7) is 4.33. The SMILES string of the molecule is CN(Cc1ccc(Cl)cc1)Cc1ccc(C2CCCN(C)C2)cc1. The van der Waals surface area contributed by atoms with Crippen LogP contribution >= 0.6 is 11.6 Å². The number of piperidine rings is 1. The second kappa shape index (κ2) is 8.15. The average molecular weight is 343 g/mol. The van der Waals surface area contributed by atoms with Gasteiger partial charge in [-0.15, -0.1) is 0 Å². The number of nitrogens with zero attached hydrogens (tertiary/aromatic N) is 2. The highest BCUT2D eigenvalue weighted by Crippen LogP contribution is 2.26. The van der Waals surface area contributed by atoms with E-state index in [-0.39, 0.29) is 0 Å². The van der Waals surface area contributed by atoms with Crippen LogP contribution in [0.1, 0.15) is 35.4 Å². The lowest BCUT2D eigenvalue weighted by molar-refractivity contribution is 0.251. The summed E-state index contributed by atoms with van der Waals surface area (Å²) in [7, 11) is 4.39. The Morgan fingerprint density at radius 2 is 1.58 bits per heavy atom. The van der Waals surface area contributed by atoms with Gasteiger partial charge >= 0.3 is 0 Å². The fourth-order valence-electron chi connectivity index (χ4n) is 3.60. The van der Waals surface area contributed by atoms with Crippen LogP contribution < -0.4 is 0 Å². The summed E-state index contributed by atoms with van der Waals surface area (Å²) in [4.78, 5) is 4.79. The number of hydrogen-bond donors (Lipinski definition) is 0. The van der Waals surface area contributed by atoms with Crippen molar-refractivity contribution < 1.29 is 0 Å². The minimum atomic E-state index is 0.699. The van der Waals surface area contributed by atoms with Gasteiger partial charge in [-0.25, -0.2) is 0 Å². The number of benzene rings is 2. The van der Waals surface area contributed by atoms with E-state index in [1.165, 1.54) is 42.6 Å². The smallest absolute Gasteiger partial charge is 0.0406 e. The van der Waals surface area contributed by atoms with E-state index >= 15 is 0 Å². The first kappa shape index (κ1) is 17.5. The zero-order valence-corrected chi connectivity index (χ0v) is 15.5. The zero-order chi connectivity index (χ0) is 16.9. The standard InChI is InChI=1S/C21H27ClN2/c1-23-13-3-4-20(16-23)19-9-5-17(6-10-19)14-24(2)15-18-7-11-21(22)12-8-18/h5-12,20H,3-4,13-16H2,1-2H3. The summed E-state index contributed by atoms with van der Waals surface area (Å²) in [6.07, 6.45) is 2.63. The Morgan fingerprint density at radius 1 is 1.00 bits per heavy atom. The number of rotatable bonds is 5. The van der Waals surface area contributed by atoms with Gasteiger partial charge in [0.15, 0.2) is 0 Å². The monoisotopic (exact) mass is 342 g/mol. The molecular weight excluding hydrogens is 316 g/mol. The molecule has 128 valence electrons. The van der Waals surface area contributed by atoms with Gasteiger partial charge < -0.3 is 4.90 Å². The van der Waals surface area contributed by atoms with Gasteiger partial charge in [0.1, 0.15) is 0 Å². The second-order valence-corrected chi connectivity index (χ2v) is 7.58. The molecule has 1 atom stereocenters. The molecule has 1 fully saturated rings. The van der Waals surface area contributed by atoms with Crippen LogP contribution in [0.4, 0.5) is 0 Å². The topological polar surface area (TPSA) is 6.48 Å². The maximum atomic E-state index is 5.95. The Balaban J connectivity index is 1.56. The van der Waals surface area contributed by atoms with Crippen molar-refractivity contribution in [3.63, 3.8) is 0 Å². The molecule has 24 heavy (non-hydrogen) atoms. The van der Waals surface area contributed by atoms with Gasteiger partial charge in [0, 0.05) is 24.7 Å². The lowest BCUT2D eigenvalue weighted by Crippen LogP contribution is -2.30. The van der Waals surface area contributed by atoms with Crippen molar-refractivity contribution in [2.75, 3.05) is 27.2 Å². The predicted octanol–water partition coefficient (Wildman–Crippen LogP) is 4.78. The molecule has 0 radical (unpaired) electrons. The summed E-state index contributed by atoms with van der Waals surface area (Å²) < 4.78 is 0. The third kappa shape index (κ3) is 4.83. The summed E-state index contributed by atoms with van der Waals surface area (Å²) in [5, 5.41) is 0.797. The largest absolute Gasteiger partial charge is 0.306 e. The van der Waals surface area contributed by atoms with Crippen molar-refractivity contribution in [1.29, 1.82) is 0 Å². The van der Waals surface area contributed by atoms with Crippen LogP contribution in [0, 0.1) is 0 Å². The van der Waals surface area contributed by atoms with Gasteiger partial charge in [-0.3, -0.25) is 4.90 Å². The Bertz CT molecular complexity index is 636. The van der Waals surface area contributed by atoms with Crippen LogP contribution in [0.3, 0.4) is 0 Å². The number of likely N-dealkylation sites (tertiary alicyclic amines) is 1. The van der Waals surface area contributed by atoms with Crippen LogP contribution in [-0.4, -0.2) is 37.0 Å². The molecule has 2 aromatic rings. The van der Waals surface area contributed by atoms with Gasteiger partial charge in [-0.2, -0.15) is 0 Å². The second-order valence-electron chi connectivity index (χ2n) is 7.14. The zero-order valence-electron chi connectivity index (χ0n) is 14.7. The molecule has 1 aliphatic heterocycles. The fourth-order valence-corrected chi connectivity index (χ4v) is 3.73. The molecule has 0 N–H and O–H groups in total. The third-order valence-electron chi connectivity index (χ3n) is 4.89. The Labute approximate surface area is 151 Å². The fraction of sp³-hybridized carbons (Fsp3) is 0.429. The Kier molecular flexibility index (Phi) is 5.94. The maximum absolute atomic E-state index is 5.95. The first-order valence-corrected chi connectivity index (χ1v) is 9.18. The van der Waals surface area contributed by atoms with Crippen LogP contribution in [0.25, 0.3) is 0 Å². The maximum Gasteiger partial charge on any atom is 0.0406 e. The molecule has 0 saturated carbocycles. The lowest BCUT2D eigenvalue weighted by Gasteiger charge is -2.30. The van der Waals surface area contributed by atoms with Crippen molar-refractivity contribution in [1.82, 2.24) is 9.80 Å². The van der Waals surface area contributed by atoms with Crippen LogP contribution in [0.15, 0.2) is 48.5 Å². The van der Waals surface area contributed by atoms with Gasteiger partial charge in [0.05, 0.1) is 0 Å². The van der Waals surface area contributed by atoms with E-state index in [0.717, 1.165) is 18.1 Å². The predicted molar refractivity (Wildman–Crippen MR) is 103 cm³/mol. The van der Waals surface area contributed by atoms with E-state index in [2.05, 4.69) is 60.3 Å². The van der Waals surface area contributed by atoms with Crippen molar-refractivity contribution in [2.45, 2.75) is 31.8 Å². The summed E-state index contributed by atoms with van der Waals surface area (Å²) >= 11 is 5.95. The molecule has 2 aromatic carbocycles. The number of likely N-dealkylation sites (N-methyl/N-ethyl adjacent to an activating group) is 1. The summed E-state index contributed by atoms with van der Waals surface area (Å²) in [5.74, 6) is 0.699. The molecule has 1 saturated heterocycles. The van der Waals surface area contributed by atoms with Crippen LogP contribution in [0.5, 0.6) is 0 Å². The molecule has 0 amide bonds. The first-order chi connectivity index (χ1) is 11.6. The molecule has 0 bridgehead atoms. The highest BCUT2D eigenvalue weighted by Gasteiger charge is 2.18. The molecule has 1 heterocycles. The Morgan fingerprint density at radius 3 is 2.17 bits per heavy atom. The van der Waals surface area contributed by atoms with Crippen molar-refractivity contribution in [3.05, 3.63) is 70.2 Å². The normalized spacial score (nSPS) is 18.9. The van der Waals surface area contributed by atoms with Crippen LogP contribution in [0.2, 0.25) is 5.02 Å². The number of hydrogen-bond acceptors (Lipinski definition) is 2. The molecule has 1 unspecified atom stereocenters. The minimum absolute atomic E-state index is 0.699. The van der Waals surface area contributed by atoms with Crippen molar-refractivity contribution >= 4 is 11.6 Å². The molecule has 0 spiro atoms. The summed E-state index contributed by atoms with van der Waals surface area (Å²) in [6, 6.07) is 17.4. The molecule has 0 aromatic heterocycles. The van der Waals surface area contributed by atoms with E-state index in [4.69, 9.17) is 11.6 Å². The highest BCUT2D eigenvalue weighted by atomic mass is 35.5. The van der Waals surface area contributed by atoms with E-state index in [1.807, 2.05) is 12.1 Å².